The van der Waals surface area contributed by atoms with Crippen molar-refractivity contribution in [1.82, 2.24) is 19.8 Å². The summed E-state index contributed by atoms with van der Waals surface area (Å²) in [4.78, 5) is 42.7. The molecular formula is C27H39N5O4. The van der Waals surface area contributed by atoms with Crippen molar-refractivity contribution in [2.75, 3.05) is 32.8 Å². The number of nitrogens with one attached hydrogen (secondary N) is 2. The number of piperidine rings is 2. The van der Waals surface area contributed by atoms with E-state index in [1.165, 1.54) is 12.8 Å². The van der Waals surface area contributed by atoms with Gasteiger partial charge in [-0.3, -0.25) is 19.5 Å². The van der Waals surface area contributed by atoms with E-state index < -0.39 is 5.92 Å². The van der Waals surface area contributed by atoms with E-state index in [2.05, 4.69) is 21.3 Å². The van der Waals surface area contributed by atoms with Crippen molar-refractivity contribution in [3.8, 4) is 0 Å². The maximum absolute atomic E-state index is 12.9. The lowest BCUT2D eigenvalue weighted by atomic mass is 9.79. The normalized spacial score (nSPS) is 26.4. The van der Waals surface area contributed by atoms with E-state index in [0.717, 1.165) is 73.4 Å². The van der Waals surface area contributed by atoms with Gasteiger partial charge in [0.15, 0.2) is 0 Å². The van der Waals surface area contributed by atoms with Gasteiger partial charge in [-0.15, -0.1) is 0 Å². The number of aromatic amines is 1. The summed E-state index contributed by atoms with van der Waals surface area (Å²) in [6, 6.07) is 4.07. The van der Waals surface area contributed by atoms with Gasteiger partial charge in [-0.05, 0) is 87.1 Å². The molecule has 196 valence electrons. The van der Waals surface area contributed by atoms with Crippen LogP contribution < -0.4 is 16.7 Å². The second-order valence-corrected chi connectivity index (χ2v) is 10.8. The molecule has 5 rings (SSSR count). The average Bonchev–Trinajstić information content (AvgIpc) is 3.17. The largest absolute Gasteiger partial charge is 0.377 e. The van der Waals surface area contributed by atoms with Crippen LogP contribution in [0.25, 0.3) is 11.0 Å². The number of H-pyrrole nitrogens is 1. The number of amides is 2. The number of benzene rings is 1. The van der Waals surface area contributed by atoms with Gasteiger partial charge in [0.05, 0.1) is 29.7 Å². The number of nitrogens with zero attached hydrogens (tertiary/aromatic N) is 2. The molecule has 3 aliphatic rings. The molecule has 1 atom stereocenters. The lowest BCUT2D eigenvalue weighted by Gasteiger charge is -2.37. The Morgan fingerprint density at radius 3 is 2.47 bits per heavy atom. The van der Waals surface area contributed by atoms with Crippen LogP contribution in [0.5, 0.6) is 0 Å². The highest BCUT2D eigenvalue weighted by Crippen LogP contribution is 2.40. The molecule has 1 aromatic carbocycles. The van der Waals surface area contributed by atoms with Crippen molar-refractivity contribution in [3.63, 3.8) is 0 Å². The fourth-order valence-electron chi connectivity index (χ4n) is 6.59. The van der Waals surface area contributed by atoms with E-state index in [1.54, 1.807) is 11.6 Å². The molecule has 0 bridgehead atoms. The first-order valence-electron chi connectivity index (χ1n) is 13.5. The maximum Gasteiger partial charge on any atom is 0.326 e. The van der Waals surface area contributed by atoms with Gasteiger partial charge in [0, 0.05) is 26.6 Å². The Morgan fingerprint density at radius 2 is 1.78 bits per heavy atom. The van der Waals surface area contributed by atoms with Crippen molar-refractivity contribution in [2.24, 2.45) is 18.7 Å². The molecule has 36 heavy (non-hydrogen) atoms. The molecule has 0 radical (unpaired) electrons. The second kappa shape index (κ2) is 10.9. The number of hydrogen-bond acceptors (Lipinski definition) is 6. The van der Waals surface area contributed by atoms with E-state index in [0.29, 0.717) is 38.0 Å². The number of hydrogen-bond donors (Lipinski definition) is 3. The van der Waals surface area contributed by atoms with Crippen LogP contribution in [0, 0.1) is 5.92 Å². The molecule has 9 nitrogen and oxygen atoms in total. The van der Waals surface area contributed by atoms with E-state index >= 15 is 0 Å². The number of imide groups is 1. The number of ether oxygens (including phenoxy) is 1. The Kier molecular flexibility index (Phi) is 7.60. The van der Waals surface area contributed by atoms with Crippen LogP contribution in [0.4, 0.5) is 0 Å². The first-order chi connectivity index (χ1) is 17.4. The lowest BCUT2D eigenvalue weighted by Crippen LogP contribution is -2.41. The van der Waals surface area contributed by atoms with Crippen molar-refractivity contribution < 1.29 is 14.3 Å². The van der Waals surface area contributed by atoms with E-state index in [-0.39, 0.29) is 17.5 Å². The highest BCUT2D eigenvalue weighted by molar-refractivity contribution is 6.02. The lowest BCUT2D eigenvalue weighted by molar-refractivity contribution is -0.134. The summed E-state index contributed by atoms with van der Waals surface area (Å²) in [5.74, 6) is 0.163. The van der Waals surface area contributed by atoms with E-state index in [9.17, 15) is 14.4 Å². The van der Waals surface area contributed by atoms with Crippen LogP contribution in [0.1, 0.15) is 74.3 Å². The van der Waals surface area contributed by atoms with Crippen molar-refractivity contribution in [2.45, 2.75) is 69.3 Å². The SMILES string of the molecule is Cn1c(=O)[nH]c2ccc(C3CCN(CC4CCC(OCCN)CC4)CC3)c(C3CCC(=O)NC3=O)c21. The quantitative estimate of drug-likeness (QED) is 0.504. The molecule has 4 N–H and O–H groups in total. The number of fused-ring (bicyclic) bond motifs is 1. The van der Waals surface area contributed by atoms with Gasteiger partial charge in [-0.2, -0.15) is 0 Å². The number of carbonyl (C=O) groups is 2. The molecule has 3 heterocycles. The molecule has 1 aromatic heterocycles. The first-order valence-corrected chi connectivity index (χ1v) is 13.5. The van der Waals surface area contributed by atoms with Crippen molar-refractivity contribution >= 4 is 22.8 Å². The zero-order chi connectivity index (χ0) is 25.2. The van der Waals surface area contributed by atoms with E-state index in [1.807, 2.05) is 6.07 Å². The van der Waals surface area contributed by atoms with Crippen LogP contribution in [-0.4, -0.2) is 65.2 Å². The Morgan fingerprint density at radius 1 is 1.03 bits per heavy atom. The Hall–Kier alpha value is -2.49. The smallest absolute Gasteiger partial charge is 0.326 e. The first kappa shape index (κ1) is 25.2. The number of likely N-dealkylation sites (tertiary alicyclic amines) is 1. The zero-order valence-corrected chi connectivity index (χ0v) is 21.3. The third-order valence-electron chi connectivity index (χ3n) is 8.53. The fraction of sp³-hybridized carbons (Fsp3) is 0.667. The van der Waals surface area contributed by atoms with Gasteiger partial charge in [0.1, 0.15) is 0 Å². The summed E-state index contributed by atoms with van der Waals surface area (Å²) in [5, 5.41) is 2.52. The molecule has 2 aromatic rings. The number of rotatable bonds is 7. The summed E-state index contributed by atoms with van der Waals surface area (Å²) in [7, 11) is 1.75. The molecule has 1 aliphatic carbocycles. The molecule has 2 aliphatic heterocycles. The Bertz CT molecular complexity index is 1150. The second-order valence-electron chi connectivity index (χ2n) is 10.8. The van der Waals surface area contributed by atoms with Crippen LogP contribution in [0.15, 0.2) is 16.9 Å². The third kappa shape index (κ3) is 5.14. The molecule has 1 saturated carbocycles. The highest BCUT2D eigenvalue weighted by atomic mass is 16.5. The monoisotopic (exact) mass is 497 g/mol. The van der Waals surface area contributed by atoms with Crippen LogP contribution in [0.2, 0.25) is 0 Å². The minimum absolute atomic E-state index is 0.186. The molecule has 0 spiro atoms. The third-order valence-corrected chi connectivity index (χ3v) is 8.53. The van der Waals surface area contributed by atoms with Crippen LogP contribution >= 0.6 is 0 Å². The number of imidazole rings is 1. The van der Waals surface area contributed by atoms with Gasteiger partial charge in [-0.1, -0.05) is 6.07 Å². The van der Waals surface area contributed by atoms with Gasteiger partial charge < -0.3 is 20.4 Å². The Balaban J connectivity index is 1.29. The number of nitrogens with two attached hydrogens (primary N) is 1. The summed E-state index contributed by atoms with van der Waals surface area (Å²) in [6.07, 6.45) is 7.92. The zero-order valence-electron chi connectivity index (χ0n) is 21.3. The summed E-state index contributed by atoms with van der Waals surface area (Å²) in [5.41, 5.74) is 9.00. The van der Waals surface area contributed by atoms with Crippen LogP contribution in [-0.2, 0) is 21.4 Å². The summed E-state index contributed by atoms with van der Waals surface area (Å²) in [6.45, 7) is 4.46. The van der Waals surface area contributed by atoms with Crippen molar-refractivity contribution in [1.29, 1.82) is 0 Å². The van der Waals surface area contributed by atoms with Gasteiger partial charge >= 0.3 is 5.69 Å². The van der Waals surface area contributed by atoms with E-state index in [4.69, 9.17) is 10.5 Å². The predicted octanol–water partition coefficient (Wildman–Crippen LogP) is 2.10. The highest BCUT2D eigenvalue weighted by Gasteiger charge is 2.35. The molecule has 9 heteroatoms. The topological polar surface area (TPSA) is 122 Å². The molecule has 2 saturated heterocycles. The molecule has 2 amide bonds. The molecular weight excluding hydrogens is 458 g/mol. The average molecular weight is 498 g/mol. The van der Waals surface area contributed by atoms with Crippen molar-refractivity contribution in [3.05, 3.63) is 33.7 Å². The summed E-state index contributed by atoms with van der Waals surface area (Å²) < 4.78 is 7.45. The standard InChI is InChI=1S/C27H39N5O4/c1-31-25-22(29-27(31)35)8-6-20(24(25)21-7-9-23(33)30-26(21)34)18-10-13-32(14-11-18)16-17-2-4-19(5-3-17)36-15-12-28/h6,8,17-19,21H,2-5,7,9-16,28H2,1H3,(H,29,35)(H,30,33,34). The minimum Gasteiger partial charge on any atom is -0.377 e. The maximum atomic E-state index is 12.9. The van der Waals surface area contributed by atoms with Gasteiger partial charge in [0.25, 0.3) is 0 Å². The molecule has 1 unspecified atom stereocenters. The Labute approximate surface area is 211 Å². The van der Waals surface area contributed by atoms with Gasteiger partial charge in [-0.25, -0.2) is 4.79 Å². The van der Waals surface area contributed by atoms with Gasteiger partial charge in [0.2, 0.25) is 11.8 Å². The molecule has 3 fully saturated rings. The summed E-state index contributed by atoms with van der Waals surface area (Å²) >= 11 is 0. The minimum atomic E-state index is -0.419. The predicted molar refractivity (Wildman–Crippen MR) is 138 cm³/mol. The fourth-order valence-corrected chi connectivity index (χ4v) is 6.59. The number of aromatic nitrogens is 2. The number of carbonyl (C=O) groups excluding carboxylic acids is 2. The van der Waals surface area contributed by atoms with Crippen LogP contribution in [0.3, 0.4) is 0 Å². The number of aryl methyl sites for hydroxylation is 1.